The second kappa shape index (κ2) is 4.80. The van der Waals surface area contributed by atoms with E-state index in [1.807, 2.05) is 45.9 Å². The summed E-state index contributed by atoms with van der Waals surface area (Å²) in [5.74, 6) is 6.17. The molecule has 94 valence electrons. The Morgan fingerprint density at radius 2 is 1.56 bits per heavy atom. The van der Waals surface area contributed by atoms with Crippen LogP contribution in [0.2, 0.25) is 0 Å². The van der Waals surface area contributed by atoms with Crippen LogP contribution in [0.25, 0.3) is 0 Å². The molecule has 1 heterocycles. The molecule has 0 unspecified atom stereocenters. The normalized spacial score (nSPS) is 20.3. The summed E-state index contributed by atoms with van der Waals surface area (Å²) in [7, 11) is -0.418. The molecule has 0 saturated carbocycles. The number of rotatable bonds is 1. The molecule has 0 atom stereocenters. The van der Waals surface area contributed by atoms with Crippen molar-refractivity contribution >= 4 is 7.12 Å². The molecule has 1 aromatic rings. The first-order valence-corrected chi connectivity index (χ1v) is 6.29. The van der Waals surface area contributed by atoms with Gasteiger partial charge in [0.2, 0.25) is 0 Å². The zero-order valence-electron chi connectivity index (χ0n) is 11.5. The second-order valence-electron chi connectivity index (χ2n) is 5.57. The predicted molar refractivity (Wildman–Crippen MR) is 74.0 cm³/mol. The summed E-state index contributed by atoms with van der Waals surface area (Å²) in [6, 6.07) is 10.2. The molecule has 0 amide bonds. The maximum Gasteiger partial charge on any atom is 0.551 e. The molecule has 1 aromatic carbocycles. The molecular formula is C15H19BO2. The van der Waals surface area contributed by atoms with Crippen molar-refractivity contribution in [3.05, 3.63) is 35.9 Å². The topological polar surface area (TPSA) is 18.5 Å². The van der Waals surface area contributed by atoms with Crippen LogP contribution in [-0.4, -0.2) is 18.3 Å². The van der Waals surface area contributed by atoms with Gasteiger partial charge in [0.25, 0.3) is 0 Å². The van der Waals surface area contributed by atoms with Crippen LogP contribution in [0.3, 0.4) is 0 Å². The van der Waals surface area contributed by atoms with Crippen LogP contribution in [0, 0.1) is 11.7 Å². The SMILES string of the molecule is CC1(C)OB(C#CCc2ccccc2)OC1(C)C. The van der Waals surface area contributed by atoms with Crippen LogP contribution >= 0.6 is 0 Å². The maximum atomic E-state index is 5.81. The molecule has 1 aliphatic heterocycles. The van der Waals surface area contributed by atoms with E-state index in [0.717, 1.165) is 6.42 Å². The van der Waals surface area contributed by atoms with Gasteiger partial charge in [0, 0.05) is 6.42 Å². The zero-order valence-corrected chi connectivity index (χ0v) is 11.5. The minimum absolute atomic E-state index is 0.306. The Labute approximate surface area is 110 Å². The summed E-state index contributed by atoms with van der Waals surface area (Å²) < 4.78 is 11.6. The van der Waals surface area contributed by atoms with Gasteiger partial charge >= 0.3 is 7.12 Å². The second-order valence-corrected chi connectivity index (χ2v) is 5.57. The van der Waals surface area contributed by atoms with Crippen LogP contribution in [0.1, 0.15) is 33.3 Å². The lowest BCUT2D eigenvalue weighted by Gasteiger charge is -2.32. The molecule has 0 aliphatic carbocycles. The van der Waals surface area contributed by atoms with Crippen molar-refractivity contribution < 1.29 is 9.31 Å². The van der Waals surface area contributed by atoms with Crippen LogP contribution < -0.4 is 0 Å². The van der Waals surface area contributed by atoms with E-state index >= 15 is 0 Å². The summed E-state index contributed by atoms with van der Waals surface area (Å²) in [4.78, 5) is 0. The Morgan fingerprint density at radius 3 is 2.11 bits per heavy atom. The Bertz CT molecular complexity index is 452. The molecule has 0 radical (unpaired) electrons. The van der Waals surface area contributed by atoms with Gasteiger partial charge in [-0.25, -0.2) is 0 Å². The van der Waals surface area contributed by atoms with Crippen molar-refractivity contribution in [2.75, 3.05) is 0 Å². The molecular weight excluding hydrogens is 223 g/mol. The highest BCUT2D eigenvalue weighted by Gasteiger charge is 2.50. The van der Waals surface area contributed by atoms with Crippen molar-refractivity contribution in [2.24, 2.45) is 0 Å². The first kappa shape index (κ1) is 13.2. The number of hydrogen-bond acceptors (Lipinski definition) is 2. The van der Waals surface area contributed by atoms with Gasteiger partial charge in [-0.2, -0.15) is 0 Å². The van der Waals surface area contributed by atoms with Crippen molar-refractivity contribution in [1.82, 2.24) is 0 Å². The molecule has 1 saturated heterocycles. The van der Waals surface area contributed by atoms with Gasteiger partial charge in [0.05, 0.1) is 11.2 Å². The molecule has 2 nitrogen and oxygen atoms in total. The van der Waals surface area contributed by atoms with Gasteiger partial charge in [-0.1, -0.05) is 36.2 Å². The van der Waals surface area contributed by atoms with Crippen LogP contribution in [-0.2, 0) is 15.7 Å². The zero-order chi connectivity index (χ0) is 13.2. The fraction of sp³-hybridized carbons (Fsp3) is 0.467. The molecule has 0 spiro atoms. The monoisotopic (exact) mass is 242 g/mol. The van der Waals surface area contributed by atoms with Crippen LogP contribution in [0.5, 0.6) is 0 Å². The minimum Gasteiger partial charge on any atom is -0.392 e. The summed E-state index contributed by atoms with van der Waals surface area (Å²) in [6.45, 7) is 8.13. The number of benzene rings is 1. The van der Waals surface area contributed by atoms with Crippen LogP contribution in [0.4, 0.5) is 0 Å². The fourth-order valence-corrected chi connectivity index (χ4v) is 1.73. The van der Waals surface area contributed by atoms with E-state index in [1.54, 1.807) is 0 Å². The molecule has 18 heavy (non-hydrogen) atoms. The van der Waals surface area contributed by atoms with Crippen molar-refractivity contribution in [1.29, 1.82) is 0 Å². The lowest BCUT2D eigenvalue weighted by atomic mass is 9.90. The Morgan fingerprint density at radius 1 is 1.00 bits per heavy atom. The Kier molecular flexibility index (Phi) is 3.52. The smallest absolute Gasteiger partial charge is 0.392 e. The van der Waals surface area contributed by atoms with Gasteiger partial charge in [-0.15, -0.1) is 5.92 Å². The van der Waals surface area contributed by atoms with Crippen molar-refractivity contribution in [2.45, 2.75) is 45.3 Å². The van der Waals surface area contributed by atoms with E-state index < -0.39 is 7.12 Å². The summed E-state index contributed by atoms with van der Waals surface area (Å²) in [6.07, 6.45) is 0.727. The third kappa shape index (κ3) is 2.77. The Balaban J connectivity index is 1.97. The quantitative estimate of drug-likeness (QED) is 0.556. The Hall–Kier alpha value is -1.24. The van der Waals surface area contributed by atoms with E-state index in [2.05, 4.69) is 23.9 Å². The van der Waals surface area contributed by atoms with E-state index in [-0.39, 0.29) is 11.2 Å². The largest absolute Gasteiger partial charge is 0.551 e. The van der Waals surface area contributed by atoms with Gasteiger partial charge < -0.3 is 9.31 Å². The van der Waals surface area contributed by atoms with Crippen molar-refractivity contribution in [3.8, 4) is 11.7 Å². The van der Waals surface area contributed by atoms with E-state index in [9.17, 15) is 0 Å². The standard InChI is InChI=1S/C15H19BO2/c1-14(2)15(3,4)18-16(17-14)12-8-11-13-9-6-5-7-10-13/h5-7,9-10H,11H2,1-4H3. The molecule has 1 aliphatic rings. The third-order valence-electron chi connectivity index (χ3n) is 3.61. The first-order chi connectivity index (χ1) is 8.41. The average Bonchev–Trinajstić information content (AvgIpc) is 2.49. The van der Waals surface area contributed by atoms with Crippen molar-refractivity contribution in [3.63, 3.8) is 0 Å². The van der Waals surface area contributed by atoms with E-state index in [1.165, 1.54) is 5.56 Å². The van der Waals surface area contributed by atoms with Gasteiger partial charge in [0.15, 0.2) is 0 Å². The lowest BCUT2D eigenvalue weighted by Crippen LogP contribution is -2.41. The minimum atomic E-state index is -0.418. The molecule has 0 N–H and O–H groups in total. The molecule has 1 fully saturated rings. The highest BCUT2D eigenvalue weighted by atomic mass is 16.7. The lowest BCUT2D eigenvalue weighted by molar-refractivity contribution is 0.00578. The average molecular weight is 242 g/mol. The van der Waals surface area contributed by atoms with Gasteiger partial charge in [-0.3, -0.25) is 0 Å². The van der Waals surface area contributed by atoms with Crippen LogP contribution in [0.15, 0.2) is 30.3 Å². The molecule has 3 heteroatoms. The fourth-order valence-electron chi connectivity index (χ4n) is 1.73. The summed E-state index contributed by atoms with van der Waals surface area (Å²) >= 11 is 0. The summed E-state index contributed by atoms with van der Waals surface area (Å²) in [5, 5.41) is 0. The van der Waals surface area contributed by atoms with Gasteiger partial charge in [-0.05, 0) is 33.3 Å². The molecule has 0 bridgehead atoms. The highest BCUT2D eigenvalue weighted by molar-refractivity contribution is 6.55. The highest BCUT2D eigenvalue weighted by Crippen LogP contribution is 2.36. The molecule has 0 aromatic heterocycles. The third-order valence-corrected chi connectivity index (χ3v) is 3.61. The maximum absolute atomic E-state index is 5.81. The first-order valence-electron chi connectivity index (χ1n) is 6.29. The van der Waals surface area contributed by atoms with E-state index in [0.29, 0.717) is 0 Å². The predicted octanol–water partition coefficient (Wildman–Crippen LogP) is 2.86. The van der Waals surface area contributed by atoms with Gasteiger partial charge in [0.1, 0.15) is 0 Å². The summed E-state index contributed by atoms with van der Waals surface area (Å²) in [5.41, 5.74) is 0.597. The number of hydrogen-bond donors (Lipinski definition) is 0. The molecule has 2 rings (SSSR count). The van der Waals surface area contributed by atoms with E-state index in [4.69, 9.17) is 9.31 Å².